The van der Waals surface area contributed by atoms with Gasteiger partial charge in [0, 0.05) is 50.5 Å². The highest BCUT2D eigenvalue weighted by Gasteiger charge is 2.42. The van der Waals surface area contributed by atoms with E-state index in [2.05, 4.69) is 5.10 Å². The number of morpholine rings is 1. The van der Waals surface area contributed by atoms with Gasteiger partial charge in [-0.15, -0.1) is 0 Å². The van der Waals surface area contributed by atoms with Crippen LogP contribution in [0.1, 0.15) is 24.1 Å². The summed E-state index contributed by atoms with van der Waals surface area (Å²) < 4.78 is 14.1. The molecule has 2 aromatic carbocycles. The van der Waals surface area contributed by atoms with E-state index in [1.807, 2.05) is 43.4 Å². The lowest BCUT2D eigenvalue weighted by Crippen LogP contribution is -2.58. The van der Waals surface area contributed by atoms with E-state index in [0.29, 0.717) is 43.3 Å². The highest BCUT2D eigenvalue weighted by atomic mass is 35.5. The van der Waals surface area contributed by atoms with Gasteiger partial charge in [-0.3, -0.25) is 14.3 Å². The molecule has 37 heavy (non-hydrogen) atoms. The van der Waals surface area contributed by atoms with E-state index < -0.39 is 5.60 Å². The lowest BCUT2D eigenvalue weighted by Gasteiger charge is -2.42. The number of hydrogen-bond acceptors (Lipinski definition) is 5. The molecule has 2 heterocycles. The van der Waals surface area contributed by atoms with Crippen molar-refractivity contribution in [2.75, 3.05) is 33.4 Å². The molecule has 196 valence electrons. The van der Waals surface area contributed by atoms with Crippen LogP contribution in [0.25, 0.3) is 0 Å². The molecule has 0 saturated carbocycles. The van der Waals surface area contributed by atoms with Crippen LogP contribution in [-0.4, -0.2) is 70.3 Å². The minimum atomic E-state index is -0.970. The minimum Gasteiger partial charge on any atom is -0.490 e. The van der Waals surface area contributed by atoms with Gasteiger partial charge in [-0.2, -0.15) is 5.10 Å². The number of nitrogens with zero attached hydrogens (tertiary/aromatic N) is 4. The second-order valence-electron chi connectivity index (χ2n) is 9.45. The SMILES string of the molecule is CN(Cc1ccccc1)C(=O)C[C@@]1(COc2ccc(Cl)cc2)CN(C(=O)CCc2ccnn2C)CCO1. The summed E-state index contributed by atoms with van der Waals surface area (Å²) in [6.07, 6.45) is 2.77. The molecule has 1 atom stereocenters. The van der Waals surface area contributed by atoms with E-state index in [1.54, 1.807) is 52.0 Å². The fraction of sp³-hybridized carbons (Fsp3) is 0.393. The molecule has 1 aliphatic rings. The Balaban J connectivity index is 1.46. The van der Waals surface area contributed by atoms with Crippen LogP contribution in [-0.2, 0) is 34.3 Å². The maximum atomic E-state index is 13.3. The topological polar surface area (TPSA) is 76.9 Å². The summed E-state index contributed by atoms with van der Waals surface area (Å²) in [5, 5.41) is 4.78. The summed E-state index contributed by atoms with van der Waals surface area (Å²) in [5.41, 5.74) is 1.07. The summed E-state index contributed by atoms with van der Waals surface area (Å²) in [7, 11) is 3.65. The second kappa shape index (κ2) is 12.3. The zero-order chi connectivity index (χ0) is 26.3. The number of hydrogen-bond donors (Lipinski definition) is 0. The monoisotopic (exact) mass is 524 g/mol. The van der Waals surface area contributed by atoms with Gasteiger partial charge in [-0.25, -0.2) is 0 Å². The number of ether oxygens (including phenoxy) is 2. The van der Waals surface area contributed by atoms with Crippen LogP contribution in [0.15, 0.2) is 66.9 Å². The van der Waals surface area contributed by atoms with Gasteiger partial charge < -0.3 is 19.3 Å². The maximum Gasteiger partial charge on any atom is 0.225 e. The Morgan fingerprint density at radius 3 is 2.59 bits per heavy atom. The van der Waals surface area contributed by atoms with Gasteiger partial charge in [-0.1, -0.05) is 41.9 Å². The molecule has 3 aromatic rings. The predicted molar refractivity (Wildman–Crippen MR) is 141 cm³/mol. The van der Waals surface area contributed by atoms with Gasteiger partial charge in [0.05, 0.1) is 19.6 Å². The quantitative estimate of drug-likeness (QED) is 0.404. The summed E-state index contributed by atoms with van der Waals surface area (Å²) >= 11 is 6.01. The van der Waals surface area contributed by atoms with Crippen molar-refractivity contribution >= 4 is 23.4 Å². The van der Waals surface area contributed by atoms with E-state index in [9.17, 15) is 9.59 Å². The van der Waals surface area contributed by atoms with Crippen molar-refractivity contribution in [2.45, 2.75) is 31.4 Å². The lowest BCUT2D eigenvalue weighted by atomic mass is 9.96. The molecular formula is C28H33ClN4O4. The summed E-state index contributed by atoms with van der Waals surface area (Å²) in [6.45, 7) is 1.69. The number of benzene rings is 2. The first-order chi connectivity index (χ1) is 17.8. The first-order valence-electron chi connectivity index (χ1n) is 12.4. The Morgan fingerprint density at radius 1 is 1.14 bits per heavy atom. The van der Waals surface area contributed by atoms with Gasteiger partial charge in [-0.05, 0) is 42.3 Å². The smallest absolute Gasteiger partial charge is 0.225 e. The molecule has 1 saturated heterocycles. The molecule has 8 nitrogen and oxygen atoms in total. The Kier molecular flexibility index (Phi) is 8.84. The Bertz CT molecular complexity index is 1180. The third-order valence-corrected chi connectivity index (χ3v) is 6.85. The third kappa shape index (κ3) is 7.33. The van der Waals surface area contributed by atoms with Gasteiger partial charge in [0.2, 0.25) is 11.8 Å². The van der Waals surface area contributed by atoms with Crippen LogP contribution in [0, 0.1) is 0 Å². The number of rotatable bonds is 10. The number of carbonyl (C=O) groups excluding carboxylic acids is 2. The Hall–Kier alpha value is -3.36. The highest BCUT2D eigenvalue weighted by Crippen LogP contribution is 2.27. The molecule has 0 spiro atoms. The van der Waals surface area contributed by atoms with Crippen molar-refractivity contribution in [2.24, 2.45) is 7.05 Å². The molecule has 1 fully saturated rings. The van der Waals surface area contributed by atoms with Crippen molar-refractivity contribution < 1.29 is 19.1 Å². The van der Waals surface area contributed by atoms with Crippen molar-refractivity contribution in [1.29, 1.82) is 0 Å². The summed E-state index contributed by atoms with van der Waals surface area (Å²) in [5.74, 6) is 0.565. The molecule has 4 rings (SSSR count). The summed E-state index contributed by atoms with van der Waals surface area (Å²) in [4.78, 5) is 30.0. The van der Waals surface area contributed by atoms with E-state index in [-0.39, 0.29) is 31.4 Å². The molecule has 0 unspecified atom stereocenters. The largest absolute Gasteiger partial charge is 0.490 e. The normalized spacial score (nSPS) is 17.4. The lowest BCUT2D eigenvalue weighted by molar-refractivity contribution is -0.165. The summed E-state index contributed by atoms with van der Waals surface area (Å²) in [6, 6.07) is 18.8. The van der Waals surface area contributed by atoms with Gasteiger partial charge in [0.1, 0.15) is 18.0 Å². The maximum absolute atomic E-state index is 13.3. The van der Waals surface area contributed by atoms with Crippen molar-refractivity contribution in [3.63, 3.8) is 0 Å². The third-order valence-electron chi connectivity index (χ3n) is 6.60. The molecule has 0 radical (unpaired) electrons. The number of carbonyl (C=O) groups is 2. The van der Waals surface area contributed by atoms with Gasteiger partial charge in [0.25, 0.3) is 0 Å². The average molecular weight is 525 g/mol. The van der Waals surface area contributed by atoms with E-state index in [1.165, 1.54) is 0 Å². The van der Waals surface area contributed by atoms with Gasteiger partial charge in [0.15, 0.2) is 0 Å². The minimum absolute atomic E-state index is 0.0189. The van der Waals surface area contributed by atoms with Crippen molar-refractivity contribution in [3.05, 3.63) is 83.1 Å². The molecule has 0 bridgehead atoms. The zero-order valence-electron chi connectivity index (χ0n) is 21.3. The number of aromatic nitrogens is 2. The second-order valence-corrected chi connectivity index (χ2v) is 9.88. The number of amides is 2. The standard InChI is InChI=1S/C28H33ClN4O4/c1-31(19-22-6-4-3-5-7-22)27(35)18-28(21-36-25-11-8-23(29)9-12-25)20-33(16-17-37-28)26(34)13-10-24-14-15-30-32(24)2/h3-9,11-12,14-15H,10,13,16-21H2,1-2H3/t28-/m0/s1. The van der Waals surface area contributed by atoms with Crippen molar-refractivity contribution in [3.8, 4) is 5.75 Å². The molecular weight excluding hydrogens is 492 g/mol. The molecule has 2 amide bonds. The van der Waals surface area contributed by atoms with Crippen LogP contribution in [0.2, 0.25) is 5.02 Å². The zero-order valence-corrected chi connectivity index (χ0v) is 22.1. The fourth-order valence-electron chi connectivity index (χ4n) is 4.44. The fourth-order valence-corrected chi connectivity index (χ4v) is 4.57. The van der Waals surface area contributed by atoms with Crippen LogP contribution < -0.4 is 4.74 Å². The molecule has 1 aliphatic heterocycles. The molecule has 9 heteroatoms. The van der Waals surface area contributed by atoms with E-state index in [0.717, 1.165) is 11.3 Å². The molecule has 0 N–H and O–H groups in total. The van der Waals surface area contributed by atoms with E-state index in [4.69, 9.17) is 21.1 Å². The van der Waals surface area contributed by atoms with Crippen LogP contribution >= 0.6 is 11.6 Å². The van der Waals surface area contributed by atoms with Crippen LogP contribution in [0.4, 0.5) is 0 Å². The predicted octanol–water partition coefficient (Wildman–Crippen LogP) is 3.73. The van der Waals surface area contributed by atoms with Gasteiger partial charge >= 0.3 is 0 Å². The number of aryl methyl sites for hydroxylation is 2. The molecule has 0 aliphatic carbocycles. The first kappa shape index (κ1) is 26.7. The van der Waals surface area contributed by atoms with Crippen LogP contribution in [0.5, 0.6) is 5.75 Å². The average Bonchev–Trinajstić information content (AvgIpc) is 3.32. The van der Waals surface area contributed by atoms with Crippen molar-refractivity contribution in [1.82, 2.24) is 19.6 Å². The molecule has 1 aromatic heterocycles. The number of halogens is 1. The van der Waals surface area contributed by atoms with E-state index >= 15 is 0 Å². The Labute approximate surface area is 222 Å². The van der Waals surface area contributed by atoms with Crippen LogP contribution in [0.3, 0.4) is 0 Å². The highest BCUT2D eigenvalue weighted by molar-refractivity contribution is 6.30. The Morgan fingerprint density at radius 2 is 1.89 bits per heavy atom. The first-order valence-corrected chi connectivity index (χ1v) is 12.8.